The van der Waals surface area contributed by atoms with Crippen molar-refractivity contribution in [1.29, 1.82) is 0 Å². The highest BCUT2D eigenvalue weighted by Crippen LogP contribution is 2.32. The topological polar surface area (TPSA) is 66.4 Å². The second-order valence-corrected chi connectivity index (χ2v) is 7.76. The fraction of sp³-hybridized carbons (Fsp3) is 0.667. The molecule has 0 aromatic carbocycles. The average Bonchev–Trinajstić information content (AvgIpc) is 2.91. The van der Waals surface area contributed by atoms with E-state index in [-0.39, 0.29) is 17.5 Å². The van der Waals surface area contributed by atoms with Crippen molar-refractivity contribution < 1.29 is 13.5 Å². The number of hydrogen-bond acceptors (Lipinski definition) is 4. The van der Waals surface area contributed by atoms with Crippen LogP contribution in [0.25, 0.3) is 0 Å². The van der Waals surface area contributed by atoms with E-state index in [4.69, 9.17) is 5.11 Å². The van der Waals surface area contributed by atoms with E-state index in [1.807, 2.05) is 0 Å². The summed E-state index contributed by atoms with van der Waals surface area (Å²) < 4.78 is 27.2. The Bertz CT molecular complexity index is 509. The number of thiophene rings is 1. The molecule has 1 saturated carbocycles. The minimum absolute atomic E-state index is 0.0301. The molecule has 1 heterocycles. The summed E-state index contributed by atoms with van der Waals surface area (Å²) in [6.07, 6.45) is 1.97. The number of hydrogen-bond donors (Lipinski definition) is 2. The van der Waals surface area contributed by atoms with E-state index in [0.29, 0.717) is 16.7 Å². The molecule has 2 rings (SSSR count). The first-order valence-electron chi connectivity index (χ1n) is 6.14. The molecule has 0 amide bonds. The van der Waals surface area contributed by atoms with Crippen LogP contribution < -0.4 is 4.72 Å². The summed E-state index contributed by atoms with van der Waals surface area (Å²) in [5, 5.41) is 10.6. The van der Waals surface area contributed by atoms with Gasteiger partial charge in [-0.05, 0) is 30.7 Å². The minimum Gasteiger partial charge on any atom is -0.391 e. The smallest absolute Gasteiger partial charge is 0.241 e. The van der Waals surface area contributed by atoms with Crippen LogP contribution in [0.3, 0.4) is 0 Å². The van der Waals surface area contributed by atoms with Gasteiger partial charge in [0.15, 0.2) is 0 Å². The van der Waals surface area contributed by atoms with Gasteiger partial charge in [0.05, 0.1) is 11.5 Å². The van der Waals surface area contributed by atoms with Gasteiger partial charge in [0.1, 0.15) is 0 Å². The van der Waals surface area contributed by atoms with Gasteiger partial charge in [-0.2, -0.15) is 0 Å². The fourth-order valence-electron chi connectivity index (χ4n) is 2.38. The largest absolute Gasteiger partial charge is 0.391 e. The van der Waals surface area contributed by atoms with Crippen LogP contribution in [0.1, 0.15) is 31.6 Å². The van der Waals surface area contributed by atoms with Crippen LogP contribution in [0.4, 0.5) is 0 Å². The Morgan fingerprint density at radius 2 is 2.17 bits per heavy atom. The summed E-state index contributed by atoms with van der Waals surface area (Å²) in [5.74, 6) is 0.934. The lowest BCUT2D eigenvalue weighted by atomic mass is 9.98. The first kappa shape index (κ1) is 14.0. The summed E-state index contributed by atoms with van der Waals surface area (Å²) >= 11 is 1.27. The van der Waals surface area contributed by atoms with Gasteiger partial charge in [-0.1, -0.05) is 13.8 Å². The molecule has 0 bridgehead atoms. The molecule has 18 heavy (non-hydrogen) atoms. The van der Waals surface area contributed by atoms with Crippen molar-refractivity contribution in [3.8, 4) is 0 Å². The molecule has 0 saturated heterocycles. The summed E-state index contributed by atoms with van der Waals surface area (Å²) in [7, 11) is -3.44. The molecule has 3 atom stereocenters. The molecule has 1 aromatic rings. The van der Waals surface area contributed by atoms with E-state index in [2.05, 4.69) is 18.6 Å². The van der Waals surface area contributed by atoms with Crippen LogP contribution in [0.2, 0.25) is 0 Å². The summed E-state index contributed by atoms with van der Waals surface area (Å²) in [6.45, 7) is 4.14. The van der Waals surface area contributed by atoms with Crippen LogP contribution in [-0.4, -0.2) is 19.6 Å². The standard InChI is InChI=1S/C12H19NO3S2/c1-8-3-4-12(9(8)2)13-18(15,16)11-5-10(6-14)17-7-11/h5,7-9,12-14H,3-4,6H2,1-2H3. The molecule has 4 nitrogen and oxygen atoms in total. The van der Waals surface area contributed by atoms with E-state index in [9.17, 15) is 8.42 Å². The van der Waals surface area contributed by atoms with Gasteiger partial charge in [0.25, 0.3) is 0 Å². The van der Waals surface area contributed by atoms with Gasteiger partial charge >= 0.3 is 0 Å². The monoisotopic (exact) mass is 289 g/mol. The average molecular weight is 289 g/mol. The van der Waals surface area contributed by atoms with E-state index in [0.717, 1.165) is 12.8 Å². The predicted octanol–water partition coefficient (Wildman–Crippen LogP) is 1.95. The summed E-state index contributed by atoms with van der Waals surface area (Å²) in [5.41, 5.74) is 0. The van der Waals surface area contributed by atoms with Crippen molar-refractivity contribution in [3.63, 3.8) is 0 Å². The number of nitrogens with one attached hydrogen (secondary N) is 1. The quantitative estimate of drug-likeness (QED) is 0.890. The van der Waals surface area contributed by atoms with Gasteiger partial charge in [0, 0.05) is 16.3 Å². The fourth-order valence-corrected chi connectivity index (χ4v) is 4.88. The Hall–Kier alpha value is -0.430. The summed E-state index contributed by atoms with van der Waals surface area (Å²) in [4.78, 5) is 0.937. The van der Waals surface area contributed by atoms with Gasteiger partial charge in [-0.15, -0.1) is 11.3 Å². The second kappa shape index (κ2) is 5.28. The Kier molecular flexibility index (Phi) is 4.11. The van der Waals surface area contributed by atoms with Gasteiger partial charge in [-0.3, -0.25) is 0 Å². The summed E-state index contributed by atoms with van der Waals surface area (Å²) in [6, 6.07) is 1.57. The minimum atomic E-state index is -3.44. The second-order valence-electron chi connectivity index (χ2n) is 5.05. The zero-order valence-corrected chi connectivity index (χ0v) is 12.2. The molecule has 0 aliphatic heterocycles. The molecule has 1 aliphatic carbocycles. The first-order chi connectivity index (χ1) is 8.44. The molecule has 3 unspecified atom stereocenters. The van der Waals surface area contributed by atoms with Crippen molar-refractivity contribution in [2.24, 2.45) is 11.8 Å². The Labute approximate surface area is 112 Å². The van der Waals surface area contributed by atoms with E-state index < -0.39 is 10.0 Å². The van der Waals surface area contributed by atoms with Gasteiger partial charge in [-0.25, -0.2) is 13.1 Å². The Morgan fingerprint density at radius 1 is 1.44 bits per heavy atom. The number of rotatable bonds is 4. The highest BCUT2D eigenvalue weighted by atomic mass is 32.2. The Balaban J connectivity index is 2.12. The lowest BCUT2D eigenvalue weighted by Gasteiger charge is -2.19. The third kappa shape index (κ3) is 2.77. The predicted molar refractivity (Wildman–Crippen MR) is 71.9 cm³/mol. The van der Waals surface area contributed by atoms with Crippen molar-refractivity contribution in [2.75, 3.05) is 0 Å². The molecule has 1 aliphatic rings. The zero-order valence-electron chi connectivity index (χ0n) is 10.6. The highest BCUT2D eigenvalue weighted by molar-refractivity contribution is 7.89. The van der Waals surface area contributed by atoms with Crippen LogP contribution >= 0.6 is 11.3 Å². The molecule has 102 valence electrons. The molecule has 1 fully saturated rings. The first-order valence-corrected chi connectivity index (χ1v) is 8.51. The molecule has 6 heteroatoms. The van der Waals surface area contributed by atoms with Crippen molar-refractivity contribution in [2.45, 2.75) is 44.2 Å². The number of aliphatic hydroxyl groups excluding tert-OH is 1. The molecule has 0 radical (unpaired) electrons. The lowest BCUT2D eigenvalue weighted by Crippen LogP contribution is -2.37. The maximum Gasteiger partial charge on any atom is 0.241 e. The Morgan fingerprint density at radius 3 is 2.67 bits per heavy atom. The maximum atomic E-state index is 12.2. The van der Waals surface area contributed by atoms with Gasteiger partial charge in [0.2, 0.25) is 10.0 Å². The third-order valence-corrected chi connectivity index (χ3v) is 6.41. The van der Waals surface area contributed by atoms with Crippen LogP contribution in [-0.2, 0) is 16.6 Å². The van der Waals surface area contributed by atoms with Crippen molar-refractivity contribution in [1.82, 2.24) is 4.72 Å². The molecule has 0 spiro atoms. The van der Waals surface area contributed by atoms with Crippen molar-refractivity contribution in [3.05, 3.63) is 16.3 Å². The van der Waals surface area contributed by atoms with E-state index in [1.54, 1.807) is 5.38 Å². The van der Waals surface area contributed by atoms with Crippen LogP contribution in [0.5, 0.6) is 0 Å². The maximum absolute atomic E-state index is 12.2. The van der Waals surface area contributed by atoms with E-state index in [1.165, 1.54) is 17.4 Å². The molecule has 1 aromatic heterocycles. The van der Waals surface area contributed by atoms with Crippen LogP contribution in [0.15, 0.2) is 16.3 Å². The lowest BCUT2D eigenvalue weighted by molar-refractivity contribution is 0.285. The molecular weight excluding hydrogens is 270 g/mol. The highest BCUT2D eigenvalue weighted by Gasteiger charge is 2.33. The molecule has 2 N–H and O–H groups in total. The SMILES string of the molecule is CC1CCC(NS(=O)(=O)c2csc(CO)c2)C1C. The third-order valence-electron chi connectivity index (χ3n) is 3.87. The van der Waals surface area contributed by atoms with Crippen molar-refractivity contribution >= 4 is 21.4 Å². The number of sulfonamides is 1. The zero-order chi connectivity index (χ0) is 13.3. The van der Waals surface area contributed by atoms with Gasteiger partial charge < -0.3 is 5.11 Å². The normalized spacial score (nSPS) is 28.7. The van der Waals surface area contributed by atoms with Crippen LogP contribution in [0, 0.1) is 11.8 Å². The van der Waals surface area contributed by atoms with E-state index >= 15 is 0 Å². The molecular formula is C12H19NO3S2. The number of aliphatic hydroxyl groups is 1.